The number of nitrogens with zero attached hydrogens (tertiary/aromatic N) is 1. The van der Waals surface area contributed by atoms with Crippen LogP contribution in [0.4, 0.5) is 0 Å². The van der Waals surface area contributed by atoms with Gasteiger partial charge in [0, 0.05) is 6.20 Å². The van der Waals surface area contributed by atoms with E-state index >= 15 is 0 Å². The molecule has 0 radical (unpaired) electrons. The van der Waals surface area contributed by atoms with Crippen molar-refractivity contribution in [3.05, 3.63) is 30.6 Å². The Hall–Kier alpha value is -0.276. The summed E-state index contributed by atoms with van der Waals surface area (Å²) in [7, 11) is -4.34. The molecular weight excluding hydrogens is 543 g/mol. The van der Waals surface area contributed by atoms with Crippen molar-refractivity contribution < 1.29 is 13.6 Å². The lowest BCUT2D eigenvalue weighted by atomic mass is 10.1. The van der Waals surface area contributed by atoms with E-state index in [1.165, 1.54) is 4.57 Å². The zero-order valence-electron chi connectivity index (χ0n) is 20.8. The molecule has 178 valence electrons. The quantitative estimate of drug-likeness (QED) is 0.397. The summed E-state index contributed by atoms with van der Waals surface area (Å²) in [5.74, 6) is 0. The lowest BCUT2D eigenvalue weighted by molar-refractivity contribution is -0.0313. The van der Waals surface area contributed by atoms with Gasteiger partial charge in [0.1, 0.15) is 12.2 Å². The molecule has 0 amide bonds. The molecule has 2 rings (SSSR count). The van der Waals surface area contributed by atoms with E-state index in [0.717, 1.165) is 0 Å². The minimum atomic E-state index is -2.21. The summed E-state index contributed by atoms with van der Waals surface area (Å²) in [4.78, 5) is 27.0. The van der Waals surface area contributed by atoms with Crippen LogP contribution in [0.3, 0.4) is 0 Å². The Morgan fingerprint density at radius 2 is 1.42 bits per heavy atom. The molecule has 0 aliphatic carbocycles. The van der Waals surface area contributed by atoms with Gasteiger partial charge in [0.25, 0.3) is 5.56 Å². The third-order valence-electron chi connectivity index (χ3n) is 7.09. The summed E-state index contributed by atoms with van der Waals surface area (Å²) in [6.07, 6.45) is -0.140. The van der Waals surface area contributed by atoms with E-state index in [-0.39, 0.29) is 22.3 Å². The Morgan fingerprint density at radius 1 is 0.968 bits per heavy atom. The Bertz CT molecular complexity index is 914. The molecule has 1 aliphatic rings. The number of halogens is 1. The van der Waals surface area contributed by atoms with Gasteiger partial charge in [0.2, 0.25) is 0 Å². The molecule has 1 N–H and O–H groups in total. The molecule has 1 aromatic heterocycles. The van der Waals surface area contributed by atoms with Crippen LogP contribution in [-0.2, 0) is 13.6 Å². The molecule has 10 heteroatoms. The maximum Gasteiger partial charge on any atom is 0.330 e. The Kier molecular flexibility index (Phi) is 7.68. The molecule has 7 nitrogen and oxygen atoms in total. The van der Waals surface area contributed by atoms with E-state index in [4.69, 9.17) is 13.6 Å². The van der Waals surface area contributed by atoms with Crippen LogP contribution in [0.1, 0.15) is 54.7 Å². The summed E-state index contributed by atoms with van der Waals surface area (Å²) in [6, 6.07) is 0. The lowest BCUT2D eigenvalue weighted by Crippen LogP contribution is -2.53. The number of aromatic amines is 1. The van der Waals surface area contributed by atoms with Crippen LogP contribution in [0, 0.1) is 3.57 Å². The highest BCUT2D eigenvalue weighted by atomic mass is 127. The average Bonchev–Trinajstić information content (AvgIpc) is 2.84. The van der Waals surface area contributed by atoms with Crippen molar-refractivity contribution in [2.24, 2.45) is 0 Å². The van der Waals surface area contributed by atoms with E-state index < -0.39 is 40.2 Å². The minimum Gasteiger partial charge on any atom is -0.409 e. The van der Waals surface area contributed by atoms with E-state index in [9.17, 15) is 9.59 Å². The predicted molar refractivity (Wildman–Crippen MR) is 138 cm³/mol. The van der Waals surface area contributed by atoms with Crippen LogP contribution in [0.5, 0.6) is 0 Å². The molecule has 0 aromatic carbocycles. The summed E-state index contributed by atoms with van der Waals surface area (Å²) >= 11 is 1.93. The van der Waals surface area contributed by atoms with Crippen LogP contribution in [0.15, 0.2) is 15.8 Å². The fourth-order valence-electron chi connectivity index (χ4n) is 3.00. The molecule has 4 atom stereocenters. The maximum atomic E-state index is 12.7. The van der Waals surface area contributed by atoms with Gasteiger partial charge in [0.15, 0.2) is 22.9 Å². The third-order valence-corrected chi connectivity index (χ3v) is 16.8. The molecule has 0 bridgehead atoms. The van der Waals surface area contributed by atoms with E-state index in [0.29, 0.717) is 3.57 Å². The Labute approximate surface area is 201 Å². The van der Waals surface area contributed by atoms with Gasteiger partial charge in [-0.05, 0) is 65.8 Å². The summed E-state index contributed by atoms with van der Waals surface area (Å²) in [6.45, 7) is 24.0. The second-order valence-corrected chi connectivity index (χ2v) is 22.2. The van der Waals surface area contributed by atoms with Crippen LogP contribution in [0.2, 0.25) is 36.3 Å². The van der Waals surface area contributed by atoms with Crippen LogP contribution < -0.4 is 11.2 Å². The van der Waals surface area contributed by atoms with E-state index in [1.807, 2.05) is 29.5 Å². The first-order valence-electron chi connectivity index (χ1n) is 10.8. The molecule has 1 aromatic rings. The lowest BCUT2D eigenvalue weighted by Gasteiger charge is -2.44. The first-order chi connectivity index (χ1) is 13.8. The average molecular weight is 583 g/mol. The smallest absolute Gasteiger partial charge is 0.330 e. The Balaban J connectivity index is 2.57. The summed E-state index contributed by atoms with van der Waals surface area (Å²) < 4.78 is 21.8. The van der Waals surface area contributed by atoms with Crippen molar-refractivity contribution in [3.63, 3.8) is 0 Å². The van der Waals surface area contributed by atoms with Crippen LogP contribution in [-0.4, -0.2) is 44.5 Å². The molecule has 1 saturated heterocycles. The zero-order valence-corrected chi connectivity index (χ0v) is 24.9. The van der Waals surface area contributed by atoms with Crippen LogP contribution in [0.25, 0.3) is 0 Å². The largest absolute Gasteiger partial charge is 0.409 e. The minimum absolute atomic E-state index is 0.0186. The van der Waals surface area contributed by atoms with Gasteiger partial charge >= 0.3 is 5.69 Å². The third kappa shape index (κ3) is 5.63. The van der Waals surface area contributed by atoms with Crippen molar-refractivity contribution in [1.82, 2.24) is 9.55 Å². The van der Waals surface area contributed by atoms with Gasteiger partial charge < -0.3 is 13.6 Å². The molecule has 2 heterocycles. The maximum absolute atomic E-state index is 12.7. The number of ether oxygens (including phenoxy) is 1. The summed E-state index contributed by atoms with van der Waals surface area (Å²) in [5, 5.41) is 0.00577. The molecular formula is C21H39IN2O5Si2. The highest BCUT2D eigenvalue weighted by Gasteiger charge is 2.53. The van der Waals surface area contributed by atoms with Crippen LogP contribution >= 0.6 is 22.6 Å². The van der Waals surface area contributed by atoms with Crippen molar-refractivity contribution >= 4 is 39.2 Å². The van der Waals surface area contributed by atoms with Gasteiger partial charge in [-0.15, -0.1) is 0 Å². The number of nitrogens with one attached hydrogen (secondary N) is 1. The second-order valence-electron chi connectivity index (χ2n) is 11.6. The van der Waals surface area contributed by atoms with Gasteiger partial charge in [0.05, 0.1) is 9.67 Å². The number of aromatic nitrogens is 2. The molecule has 31 heavy (non-hydrogen) atoms. The number of rotatable bonds is 5. The topological polar surface area (TPSA) is 82.6 Å². The molecule has 0 spiro atoms. The van der Waals surface area contributed by atoms with Crippen molar-refractivity contribution in [2.45, 2.75) is 109 Å². The summed E-state index contributed by atoms with van der Waals surface area (Å²) in [5.41, 5.74) is -0.900. The number of hydrogen-bond donors (Lipinski definition) is 1. The first-order valence-corrected chi connectivity index (χ1v) is 17.7. The molecule has 0 saturated carbocycles. The molecule has 1 aliphatic heterocycles. The fourth-order valence-corrected chi connectivity index (χ4v) is 6.08. The van der Waals surface area contributed by atoms with Gasteiger partial charge in [-0.1, -0.05) is 41.5 Å². The van der Waals surface area contributed by atoms with Gasteiger partial charge in [-0.25, -0.2) is 4.79 Å². The van der Waals surface area contributed by atoms with Crippen molar-refractivity contribution in [1.29, 1.82) is 0 Å². The highest BCUT2D eigenvalue weighted by Crippen LogP contribution is 2.45. The second kappa shape index (κ2) is 8.82. The van der Waals surface area contributed by atoms with Gasteiger partial charge in [-0.3, -0.25) is 14.3 Å². The SMILES string of the molecule is C[C@H]1O[C@@H](n2cc(I)c(=O)[nH]c2=O)[C@H](O[Si](C)(C)C(C)(C)C)[C@@H]1O[Si](C)(C)C(C)(C)C. The number of hydrogen-bond acceptors (Lipinski definition) is 5. The van der Waals surface area contributed by atoms with E-state index in [1.54, 1.807) is 6.20 Å². The normalized spacial score (nSPS) is 25.8. The Morgan fingerprint density at radius 3 is 1.87 bits per heavy atom. The standard InChI is InChI=1S/C21H39IN2O5Si2/c1-13-15(28-30(8,9)20(2,3)4)16(29-31(10,11)21(5,6)7)18(27-13)24-12-14(22)17(25)23-19(24)26/h12-13,15-16,18H,1-11H3,(H,23,25,26)/t13-,15-,16-,18-/m1/s1. The first kappa shape index (κ1) is 27.0. The predicted octanol–water partition coefficient (Wildman–Crippen LogP) is 4.84. The zero-order chi connectivity index (χ0) is 24.2. The highest BCUT2D eigenvalue weighted by molar-refractivity contribution is 14.1. The van der Waals surface area contributed by atoms with Gasteiger partial charge in [-0.2, -0.15) is 0 Å². The molecule has 0 unspecified atom stereocenters. The number of H-pyrrole nitrogens is 1. The fraction of sp³-hybridized carbons (Fsp3) is 0.810. The van der Waals surface area contributed by atoms with E-state index in [2.05, 4.69) is 72.7 Å². The van der Waals surface area contributed by atoms with Crippen molar-refractivity contribution in [2.75, 3.05) is 0 Å². The molecule has 1 fully saturated rings. The monoisotopic (exact) mass is 582 g/mol. The van der Waals surface area contributed by atoms with Crippen molar-refractivity contribution in [3.8, 4) is 0 Å².